The number of amides is 1. The van der Waals surface area contributed by atoms with E-state index in [1.54, 1.807) is 6.20 Å². The van der Waals surface area contributed by atoms with E-state index < -0.39 is 0 Å². The number of esters is 1. The van der Waals surface area contributed by atoms with E-state index in [9.17, 15) is 9.59 Å². The first kappa shape index (κ1) is 13.5. The molecule has 0 aromatic carbocycles. The largest absolute Gasteiger partial charge is 0.468 e. The minimum atomic E-state index is -0.389. The third kappa shape index (κ3) is 4.06. The van der Waals surface area contributed by atoms with Gasteiger partial charge in [0.2, 0.25) is 5.91 Å². The molecule has 0 bridgehead atoms. The number of hydrogen-bond acceptors (Lipinski definition) is 5. The molecule has 0 aliphatic carbocycles. The molecule has 1 amide bonds. The van der Waals surface area contributed by atoms with Crippen LogP contribution in [0.2, 0.25) is 0 Å². The van der Waals surface area contributed by atoms with Crippen LogP contribution in [0.25, 0.3) is 0 Å². The molecule has 1 N–H and O–H groups in total. The summed E-state index contributed by atoms with van der Waals surface area (Å²) in [4.78, 5) is 22.8. The Labute approximate surface area is 110 Å². The highest BCUT2D eigenvalue weighted by atomic mass is 16.5. The normalized spacial score (nSPS) is 18.3. The first-order chi connectivity index (χ1) is 9.17. The summed E-state index contributed by atoms with van der Waals surface area (Å²) >= 11 is 0. The minimum absolute atomic E-state index is 0.0186. The Morgan fingerprint density at radius 2 is 2.47 bits per heavy atom. The fourth-order valence-electron chi connectivity index (χ4n) is 1.94. The van der Waals surface area contributed by atoms with Crippen molar-refractivity contribution in [2.24, 2.45) is 0 Å². The molecule has 1 aromatic rings. The number of nitrogens with one attached hydrogen (secondary N) is 1. The average molecular weight is 267 g/mol. The summed E-state index contributed by atoms with van der Waals surface area (Å²) in [7, 11) is 1.32. The van der Waals surface area contributed by atoms with E-state index in [0.29, 0.717) is 12.1 Å². The van der Waals surface area contributed by atoms with Crippen LogP contribution in [0.5, 0.6) is 0 Å². The molecule has 1 aliphatic heterocycles. The van der Waals surface area contributed by atoms with Crippen molar-refractivity contribution in [2.45, 2.75) is 31.9 Å². The fourth-order valence-corrected chi connectivity index (χ4v) is 1.94. The van der Waals surface area contributed by atoms with E-state index in [0.717, 1.165) is 19.4 Å². The Hall–Kier alpha value is -1.89. The molecule has 0 saturated carbocycles. The number of aromatic nitrogens is 2. The summed E-state index contributed by atoms with van der Waals surface area (Å²) in [6, 6.07) is 0. The second-order valence-corrected chi connectivity index (χ2v) is 4.39. The molecule has 104 valence electrons. The van der Waals surface area contributed by atoms with E-state index in [1.807, 2.05) is 0 Å². The molecule has 1 aliphatic rings. The summed E-state index contributed by atoms with van der Waals surface area (Å²) in [6.07, 6.45) is 5.39. The van der Waals surface area contributed by atoms with Crippen molar-refractivity contribution in [1.29, 1.82) is 0 Å². The van der Waals surface area contributed by atoms with Crippen LogP contribution in [0.1, 0.15) is 19.3 Å². The number of rotatable bonds is 5. The van der Waals surface area contributed by atoms with Crippen LogP contribution in [-0.4, -0.2) is 41.5 Å². The van der Waals surface area contributed by atoms with Crippen LogP contribution in [0.15, 0.2) is 12.4 Å². The van der Waals surface area contributed by atoms with Gasteiger partial charge in [0.1, 0.15) is 6.54 Å². The number of hydrogen-bond donors (Lipinski definition) is 1. The molecule has 7 nitrogen and oxygen atoms in total. The maximum atomic E-state index is 11.7. The van der Waals surface area contributed by atoms with Crippen LogP contribution in [0.3, 0.4) is 0 Å². The van der Waals surface area contributed by atoms with Gasteiger partial charge in [-0.2, -0.15) is 5.10 Å². The van der Waals surface area contributed by atoms with Crippen LogP contribution in [0.4, 0.5) is 5.69 Å². The van der Waals surface area contributed by atoms with Crippen molar-refractivity contribution in [3.63, 3.8) is 0 Å². The standard InChI is InChI=1S/C12H17N3O4/c1-18-12(17)8-15-7-9(6-13-15)14-11(16)5-10-3-2-4-19-10/h6-7,10H,2-5,8H2,1H3,(H,14,16). The molecule has 0 radical (unpaired) electrons. The van der Waals surface area contributed by atoms with Gasteiger partial charge in [-0.1, -0.05) is 0 Å². The molecular weight excluding hydrogens is 250 g/mol. The highest BCUT2D eigenvalue weighted by molar-refractivity contribution is 5.90. The Balaban J connectivity index is 1.81. The molecule has 1 unspecified atom stereocenters. The van der Waals surface area contributed by atoms with E-state index in [4.69, 9.17) is 4.74 Å². The molecule has 1 saturated heterocycles. The predicted octanol–water partition coefficient (Wildman–Crippen LogP) is 0.564. The molecule has 7 heteroatoms. The van der Waals surface area contributed by atoms with Gasteiger partial charge in [0.15, 0.2) is 0 Å². The summed E-state index contributed by atoms with van der Waals surface area (Å²) in [5.74, 6) is -0.496. The molecule has 1 aromatic heterocycles. The van der Waals surface area contributed by atoms with Gasteiger partial charge < -0.3 is 14.8 Å². The van der Waals surface area contributed by atoms with Crippen molar-refractivity contribution < 1.29 is 19.1 Å². The SMILES string of the molecule is COC(=O)Cn1cc(NC(=O)CC2CCCO2)cn1. The number of nitrogens with zero attached hydrogens (tertiary/aromatic N) is 2. The van der Waals surface area contributed by atoms with Gasteiger partial charge in [-0.15, -0.1) is 0 Å². The summed E-state index contributed by atoms with van der Waals surface area (Å²) in [5, 5.41) is 6.68. The Bertz CT molecular complexity index is 452. The number of anilines is 1. The zero-order valence-corrected chi connectivity index (χ0v) is 10.8. The third-order valence-corrected chi connectivity index (χ3v) is 2.87. The molecule has 0 spiro atoms. The van der Waals surface area contributed by atoms with E-state index in [-0.39, 0.29) is 24.5 Å². The topological polar surface area (TPSA) is 82.5 Å². The fraction of sp³-hybridized carbons (Fsp3) is 0.583. The number of carbonyl (C=O) groups is 2. The monoisotopic (exact) mass is 267 g/mol. The van der Waals surface area contributed by atoms with Gasteiger partial charge in [0.05, 0.1) is 31.5 Å². The quantitative estimate of drug-likeness (QED) is 0.788. The van der Waals surface area contributed by atoms with Crippen LogP contribution in [0, 0.1) is 0 Å². The predicted molar refractivity (Wildman–Crippen MR) is 66.5 cm³/mol. The second kappa shape index (κ2) is 6.33. The summed E-state index contributed by atoms with van der Waals surface area (Å²) < 4.78 is 11.3. The first-order valence-corrected chi connectivity index (χ1v) is 6.18. The smallest absolute Gasteiger partial charge is 0.327 e. The lowest BCUT2D eigenvalue weighted by molar-refractivity contribution is -0.141. The van der Waals surface area contributed by atoms with Crippen molar-refractivity contribution in [3.05, 3.63) is 12.4 Å². The number of ether oxygens (including phenoxy) is 2. The minimum Gasteiger partial charge on any atom is -0.468 e. The molecular formula is C12H17N3O4. The van der Waals surface area contributed by atoms with Crippen LogP contribution in [-0.2, 0) is 25.6 Å². The first-order valence-electron chi connectivity index (χ1n) is 6.18. The van der Waals surface area contributed by atoms with Crippen molar-refractivity contribution >= 4 is 17.6 Å². The van der Waals surface area contributed by atoms with Crippen LogP contribution < -0.4 is 5.32 Å². The van der Waals surface area contributed by atoms with Gasteiger partial charge >= 0.3 is 5.97 Å². The molecule has 2 heterocycles. The van der Waals surface area contributed by atoms with E-state index in [2.05, 4.69) is 15.2 Å². The average Bonchev–Trinajstić information content (AvgIpc) is 3.01. The molecule has 19 heavy (non-hydrogen) atoms. The molecule has 1 atom stereocenters. The third-order valence-electron chi connectivity index (χ3n) is 2.87. The second-order valence-electron chi connectivity index (χ2n) is 4.39. The lowest BCUT2D eigenvalue weighted by atomic mass is 10.2. The summed E-state index contributed by atoms with van der Waals surface area (Å²) in [5.41, 5.74) is 0.562. The number of methoxy groups -OCH3 is 1. The molecule has 1 fully saturated rings. The van der Waals surface area contributed by atoms with E-state index in [1.165, 1.54) is 18.0 Å². The van der Waals surface area contributed by atoms with Gasteiger partial charge in [-0.05, 0) is 12.8 Å². The highest BCUT2D eigenvalue weighted by Crippen LogP contribution is 2.16. The van der Waals surface area contributed by atoms with Gasteiger partial charge in [0.25, 0.3) is 0 Å². The van der Waals surface area contributed by atoms with Crippen molar-refractivity contribution in [3.8, 4) is 0 Å². The van der Waals surface area contributed by atoms with Gasteiger partial charge in [-0.25, -0.2) is 0 Å². The van der Waals surface area contributed by atoms with Gasteiger partial charge in [0, 0.05) is 12.8 Å². The Morgan fingerprint density at radius 1 is 1.63 bits per heavy atom. The zero-order chi connectivity index (χ0) is 13.7. The Kier molecular flexibility index (Phi) is 4.51. The van der Waals surface area contributed by atoms with Crippen molar-refractivity contribution in [2.75, 3.05) is 19.0 Å². The number of carbonyl (C=O) groups excluding carboxylic acids is 2. The van der Waals surface area contributed by atoms with E-state index >= 15 is 0 Å². The lowest BCUT2D eigenvalue weighted by Gasteiger charge is -2.08. The Morgan fingerprint density at radius 3 is 3.16 bits per heavy atom. The van der Waals surface area contributed by atoms with Gasteiger partial charge in [-0.3, -0.25) is 14.3 Å². The highest BCUT2D eigenvalue weighted by Gasteiger charge is 2.19. The van der Waals surface area contributed by atoms with Crippen LogP contribution >= 0.6 is 0 Å². The summed E-state index contributed by atoms with van der Waals surface area (Å²) in [6.45, 7) is 0.757. The maximum Gasteiger partial charge on any atom is 0.327 e. The maximum absolute atomic E-state index is 11.7. The lowest BCUT2D eigenvalue weighted by Crippen LogP contribution is -2.19. The zero-order valence-electron chi connectivity index (χ0n) is 10.8. The molecule has 2 rings (SSSR count). The van der Waals surface area contributed by atoms with Crippen molar-refractivity contribution in [1.82, 2.24) is 9.78 Å².